The Labute approximate surface area is 166 Å². The minimum Gasteiger partial charge on any atom is -0.339 e. The Morgan fingerprint density at radius 2 is 1.90 bits per heavy atom. The number of aromatic nitrogens is 6. The number of carbonyl (C=O) groups excluding carboxylic acids is 2. The molecule has 0 bridgehead atoms. The number of hydrogen-bond acceptors (Lipinski definition) is 8. The Kier molecular flexibility index (Phi) is 5.96. The second kappa shape index (κ2) is 8.59. The van der Waals surface area contributed by atoms with Crippen LogP contribution in [0.5, 0.6) is 0 Å². The highest BCUT2D eigenvalue weighted by atomic mass is 16.5. The molecule has 2 amide bonds. The Bertz CT molecular complexity index is 958. The average molecular weight is 398 g/mol. The number of hydrazine groups is 1. The summed E-state index contributed by atoms with van der Waals surface area (Å²) in [6.07, 6.45) is 2.68. The van der Waals surface area contributed by atoms with E-state index in [9.17, 15) is 9.59 Å². The van der Waals surface area contributed by atoms with E-state index in [2.05, 4.69) is 36.5 Å². The summed E-state index contributed by atoms with van der Waals surface area (Å²) in [7, 11) is 0. The van der Waals surface area contributed by atoms with Gasteiger partial charge in [-0.15, -0.1) is 5.10 Å². The molecule has 2 N–H and O–H groups in total. The van der Waals surface area contributed by atoms with Crippen molar-refractivity contribution in [3.05, 3.63) is 47.9 Å². The van der Waals surface area contributed by atoms with Crippen molar-refractivity contribution in [2.75, 3.05) is 0 Å². The maximum Gasteiger partial charge on any atom is 0.269 e. The first kappa shape index (κ1) is 20.1. The Morgan fingerprint density at radius 1 is 1.14 bits per heavy atom. The smallest absolute Gasteiger partial charge is 0.269 e. The largest absolute Gasteiger partial charge is 0.339 e. The first-order chi connectivity index (χ1) is 13.8. The highest BCUT2D eigenvalue weighted by molar-refractivity contribution is 5.95. The minimum atomic E-state index is -0.423. The van der Waals surface area contributed by atoms with Crippen LogP contribution in [-0.2, 0) is 16.6 Å². The fraction of sp³-hybridized carbons (Fsp3) is 0.389. The summed E-state index contributed by atoms with van der Waals surface area (Å²) in [5, 5.41) is 14.8. The minimum absolute atomic E-state index is 0.187. The highest BCUT2D eigenvalue weighted by Gasteiger charge is 2.20. The molecule has 0 spiro atoms. The number of rotatable bonds is 6. The van der Waals surface area contributed by atoms with Crippen molar-refractivity contribution in [3.8, 4) is 5.69 Å². The predicted octanol–water partition coefficient (Wildman–Crippen LogP) is 1.13. The van der Waals surface area contributed by atoms with Gasteiger partial charge in [-0.2, -0.15) is 4.98 Å². The molecule has 2 aromatic heterocycles. The molecule has 152 valence electrons. The van der Waals surface area contributed by atoms with E-state index in [1.807, 2.05) is 20.8 Å². The van der Waals surface area contributed by atoms with Crippen LogP contribution in [0.15, 0.2) is 35.1 Å². The second-order valence-corrected chi connectivity index (χ2v) is 7.42. The van der Waals surface area contributed by atoms with E-state index in [4.69, 9.17) is 4.52 Å². The third-order valence-corrected chi connectivity index (χ3v) is 3.99. The molecule has 2 heterocycles. The van der Waals surface area contributed by atoms with Gasteiger partial charge in [-0.25, -0.2) is 4.68 Å². The summed E-state index contributed by atoms with van der Waals surface area (Å²) in [6, 6.07) is 6.62. The van der Waals surface area contributed by atoms with E-state index < -0.39 is 5.91 Å². The molecule has 3 rings (SSSR count). The van der Waals surface area contributed by atoms with Gasteiger partial charge in [0.2, 0.25) is 11.8 Å². The van der Waals surface area contributed by atoms with Gasteiger partial charge in [0.15, 0.2) is 5.82 Å². The molecular weight excluding hydrogens is 376 g/mol. The highest BCUT2D eigenvalue weighted by Crippen LogP contribution is 2.18. The molecule has 0 fully saturated rings. The average Bonchev–Trinajstić information content (AvgIpc) is 3.38. The van der Waals surface area contributed by atoms with Crippen LogP contribution in [-0.4, -0.2) is 42.2 Å². The third kappa shape index (κ3) is 5.43. The van der Waals surface area contributed by atoms with E-state index in [-0.39, 0.29) is 17.7 Å². The fourth-order valence-corrected chi connectivity index (χ4v) is 2.37. The zero-order chi connectivity index (χ0) is 20.9. The van der Waals surface area contributed by atoms with Gasteiger partial charge >= 0.3 is 0 Å². The molecule has 0 saturated heterocycles. The van der Waals surface area contributed by atoms with Crippen LogP contribution in [0, 0.1) is 0 Å². The van der Waals surface area contributed by atoms with Gasteiger partial charge in [-0.05, 0) is 41.1 Å². The number of tetrazole rings is 1. The van der Waals surface area contributed by atoms with Crippen LogP contribution in [0.3, 0.4) is 0 Å². The van der Waals surface area contributed by atoms with Crippen molar-refractivity contribution in [1.29, 1.82) is 0 Å². The van der Waals surface area contributed by atoms with Gasteiger partial charge in [0, 0.05) is 23.8 Å². The summed E-state index contributed by atoms with van der Waals surface area (Å²) >= 11 is 0. The van der Waals surface area contributed by atoms with Gasteiger partial charge < -0.3 is 4.52 Å². The van der Waals surface area contributed by atoms with E-state index >= 15 is 0 Å². The van der Waals surface area contributed by atoms with E-state index in [0.29, 0.717) is 35.8 Å². The molecule has 11 nitrogen and oxygen atoms in total. The van der Waals surface area contributed by atoms with Crippen molar-refractivity contribution >= 4 is 11.8 Å². The monoisotopic (exact) mass is 398 g/mol. The van der Waals surface area contributed by atoms with Crippen LogP contribution in [0.2, 0.25) is 0 Å². The molecule has 0 aliphatic heterocycles. The quantitative estimate of drug-likeness (QED) is 0.589. The molecule has 0 saturated carbocycles. The van der Waals surface area contributed by atoms with Gasteiger partial charge in [0.25, 0.3) is 5.91 Å². The van der Waals surface area contributed by atoms with Crippen molar-refractivity contribution in [2.45, 2.75) is 45.4 Å². The van der Waals surface area contributed by atoms with Gasteiger partial charge in [-0.3, -0.25) is 20.4 Å². The van der Waals surface area contributed by atoms with Crippen LogP contribution in [0.25, 0.3) is 5.69 Å². The maximum absolute atomic E-state index is 12.1. The molecule has 1 aromatic carbocycles. The summed E-state index contributed by atoms with van der Waals surface area (Å²) in [4.78, 5) is 28.4. The molecule has 0 aliphatic rings. The summed E-state index contributed by atoms with van der Waals surface area (Å²) in [5.74, 6) is 0.400. The number of nitrogens with one attached hydrogen (secondary N) is 2. The van der Waals surface area contributed by atoms with Gasteiger partial charge in [0.05, 0.1) is 5.69 Å². The molecule has 11 heteroatoms. The number of carbonyl (C=O) groups is 2. The van der Waals surface area contributed by atoms with E-state index in [1.54, 1.807) is 24.3 Å². The zero-order valence-electron chi connectivity index (χ0n) is 16.4. The van der Waals surface area contributed by atoms with Crippen molar-refractivity contribution in [3.63, 3.8) is 0 Å². The molecule has 29 heavy (non-hydrogen) atoms. The van der Waals surface area contributed by atoms with Crippen LogP contribution < -0.4 is 10.9 Å². The zero-order valence-corrected chi connectivity index (χ0v) is 16.4. The second-order valence-electron chi connectivity index (χ2n) is 7.42. The Hall–Kier alpha value is -3.63. The van der Waals surface area contributed by atoms with Crippen LogP contribution >= 0.6 is 0 Å². The molecule has 0 unspecified atom stereocenters. The van der Waals surface area contributed by atoms with Crippen LogP contribution in [0.1, 0.15) is 55.7 Å². The number of hydrogen-bond donors (Lipinski definition) is 2. The summed E-state index contributed by atoms with van der Waals surface area (Å²) < 4.78 is 6.66. The number of amides is 2. The predicted molar refractivity (Wildman–Crippen MR) is 101 cm³/mol. The van der Waals surface area contributed by atoms with E-state index in [0.717, 1.165) is 0 Å². The summed E-state index contributed by atoms with van der Waals surface area (Å²) in [5.41, 5.74) is 5.70. The maximum atomic E-state index is 12.1. The van der Waals surface area contributed by atoms with Gasteiger partial charge in [0.1, 0.15) is 6.33 Å². The third-order valence-electron chi connectivity index (χ3n) is 3.99. The van der Waals surface area contributed by atoms with Crippen molar-refractivity contribution in [1.82, 2.24) is 41.2 Å². The molecule has 0 radical (unpaired) electrons. The van der Waals surface area contributed by atoms with E-state index in [1.165, 1.54) is 11.0 Å². The Balaban J connectivity index is 1.41. The Morgan fingerprint density at radius 3 is 2.52 bits per heavy atom. The fourth-order valence-electron chi connectivity index (χ4n) is 2.37. The molecule has 0 atom stereocenters. The first-order valence-corrected chi connectivity index (χ1v) is 9.08. The lowest BCUT2D eigenvalue weighted by Gasteiger charge is -2.10. The lowest BCUT2D eigenvalue weighted by molar-refractivity contribution is -0.121. The van der Waals surface area contributed by atoms with Gasteiger partial charge in [-0.1, -0.05) is 25.9 Å². The number of aryl methyl sites for hydroxylation is 1. The molecule has 3 aromatic rings. The SMILES string of the molecule is CC(C)(C)c1noc(CCCC(=O)NNC(=O)c2ccc(-n3cnnn3)cc2)n1. The molecular formula is C18H22N8O3. The van der Waals surface area contributed by atoms with Crippen LogP contribution in [0.4, 0.5) is 0 Å². The first-order valence-electron chi connectivity index (χ1n) is 9.08. The van der Waals surface area contributed by atoms with Crippen molar-refractivity contribution in [2.24, 2.45) is 0 Å². The van der Waals surface area contributed by atoms with Crippen molar-refractivity contribution < 1.29 is 14.1 Å². The topological polar surface area (TPSA) is 141 Å². The molecule has 0 aliphatic carbocycles. The standard InChI is InChI=1S/C18H22N8O3/c1-18(2,3)17-20-15(29-23-17)6-4-5-14(27)21-22-16(28)12-7-9-13(10-8-12)26-11-19-24-25-26/h7-11H,4-6H2,1-3H3,(H,21,27)(H,22,28). The number of benzene rings is 1. The summed E-state index contributed by atoms with van der Waals surface area (Å²) in [6.45, 7) is 5.99. The lowest BCUT2D eigenvalue weighted by Crippen LogP contribution is -2.41. The number of nitrogens with zero attached hydrogens (tertiary/aromatic N) is 6. The normalized spacial score (nSPS) is 11.3. The lowest BCUT2D eigenvalue weighted by atomic mass is 9.96.